The molecule has 6 aromatic rings. The molecule has 0 saturated carbocycles. The fourth-order valence-corrected chi connectivity index (χ4v) is 8.53. The van der Waals surface area contributed by atoms with E-state index in [-0.39, 0.29) is 49.5 Å². The third-order valence-electron chi connectivity index (χ3n) is 9.97. The first kappa shape index (κ1) is 31.6. The summed E-state index contributed by atoms with van der Waals surface area (Å²) in [6, 6.07) is 9.82. The van der Waals surface area contributed by atoms with Crippen LogP contribution in [0.4, 0.5) is 8.78 Å². The zero-order chi connectivity index (χ0) is 35.0. The molecular weight excluding hydrogens is 675 g/mol. The molecule has 3 aliphatic heterocycles. The third kappa shape index (κ3) is 4.89. The molecule has 0 N–H and O–H groups in total. The summed E-state index contributed by atoms with van der Waals surface area (Å²) in [4.78, 5) is 19.9. The van der Waals surface area contributed by atoms with Gasteiger partial charge in [-0.1, -0.05) is 12.7 Å². The smallest absolute Gasteiger partial charge is 0.246 e. The van der Waals surface area contributed by atoms with Crippen molar-refractivity contribution in [3.8, 4) is 33.9 Å². The molecule has 0 aliphatic carbocycles. The van der Waals surface area contributed by atoms with Crippen molar-refractivity contribution in [2.24, 2.45) is 7.05 Å². The molecule has 13 heteroatoms. The molecule has 0 saturated heterocycles. The standard InChI is InChI=1S/C38H32F2N6O4S/c1-4-32(47)45-19-21(2)46-24(20-45)16-31(43-46)38-8-11-49-30-15-23(39)14-27(40)33(30)34-36-25(7-12-51-36)35(42-37(34)38)26-13-22-18-41-44(3)28(22)17-29(26)48-9-5-6-10-50-38/h4-7,12-18,21H,1,8-11,19-20H2,2-3H3/b6-5+/t21-,38?/m1/s1. The van der Waals surface area contributed by atoms with Crippen molar-refractivity contribution >= 4 is 38.2 Å². The van der Waals surface area contributed by atoms with Gasteiger partial charge in [-0.3, -0.25) is 14.2 Å². The average molecular weight is 707 g/mol. The Morgan fingerprint density at radius 1 is 1.10 bits per heavy atom. The van der Waals surface area contributed by atoms with Crippen molar-refractivity contribution in [2.45, 2.75) is 31.5 Å². The van der Waals surface area contributed by atoms with E-state index in [0.29, 0.717) is 41.5 Å². The molecule has 10 nitrogen and oxygen atoms in total. The van der Waals surface area contributed by atoms with Gasteiger partial charge >= 0.3 is 0 Å². The van der Waals surface area contributed by atoms with Crippen LogP contribution in [0.5, 0.6) is 11.5 Å². The Kier molecular flexibility index (Phi) is 7.33. The van der Waals surface area contributed by atoms with Gasteiger partial charge in [-0.05, 0) is 42.7 Å². The van der Waals surface area contributed by atoms with Gasteiger partial charge in [-0.15, -0.1) is 11.3 Å². The van der Waals surface area contributed by atoms with E-state index in [1.54, 1.807) is 15.8 Å². The number of amides is 1. The molecule has 3 aliphatic rings. The number of aryl methyl sites for hydroxylation is 1. The van der Waals surface area contributed by atoms with Crippen LogP contribution < -0.4 is 9.47 Å². The highest BCUT2D eigenvalue weighted by Crippen LogP contribution is 2.52. The van der Waals surface area contributed by atoms with Crippen molar-refractivity contribution in [3.05, 3.63) is 101 Å². The average Bonchev–Trinajstić information content (AvgIpc) is 3.86. The Balaban J connectivity index is 1.39. The Morgan fingerprint density at radius 2 is 1.96 bits per heavy atom. The number of halogens is 2. The summed E-state index contributed by atoms with van der Waals surface area (Å²) in [6.45, 7) is 6.94. The van der Waals surface area contributed by atoms with Crippen molar-refractivity contribution < 1.29 is 27.8 Å². The zero-order valence-electron chi connectivity index (χ0n) is 27.9. The second-order valence-corrected chi connectivity index (χ2v) is 14.0. The van der Waals surface area contributed by atoms with E-state index >= 15 is 4.39 Å². The van der Waals surface area contributed by atoms with Gasteiger partial charge in [-0.2, -0.15) is 10.2 Å². The predicted octanol–water partition coefficient (Wildman–Crippen LogP) is 7.07. The highest BCUT2D eigenvalue weighted by Gasteiger charge is 2.46. The summed E-state index contributed by atoms with van der Waals surface area (Å²) >= 11 is 1.43. The quantitative estimate of drug-likeness (QED) is 0.140. The van der Waals surface area contributed by atoms with Crippen LogP contribution in [0, 0.1) is 11.6 Å². The lowest BCUT2D eigenvalue weighted by atomic mass is 9.83. The van der Waals surface area contributed by atoms with E-state index in [1.165, 1.54) is 23.5 Å². The fourth-order valence-electron chi connectivity index (χ4n) is 7.58. The SMILES string of the molecule is C=CC(=O)N1Cc2cc(C34CCOc5cc(F)cc(F)c5-c5c3nc(c3ccsc53)-c3cc5cnn(C)c5cc3OC/C=C/CO4)nn2[C@H](C)C1. The maximum atomic E-state index is 16.3. The van der Waals surface area contributed by atoms with Crippen LogP contribution in [-0.4, -0.2) is 61.7 Å². The van der Waals surface area contributed by atoms with E-state index < -0.39 is 17.2 Å². The maximum Gasteiger partial charge on any atom is 0.246 e. The first-order valence-corrected chi connectivity index (χ1v) is 17.6. The molecule has 1 amide bonds. The molecule has 0 radical (unpaired) electrons. The number of carbonyl (C=O) groups excluding carboxylic acids is 1. The van der Waals surface area contributed by atoms with Gasteiger partial charge in [0.15, 0.2) is 5.60 Å². The van der Waals surface area contributed by atoms with Crippen molar-refractivity contribution in [2.75, 3.05) is 26.4 Å². The number of ether oxygens (including phenoxy) is 3. The van der Waals surface area contributed by atoms with Crippen molar-refractivity contribution in [1.82, 2.24) is 29.4 Å². The van der Waals surface area contributed by atoms with Crippen LogP contribution in [0.25, 0.3) is 43.4 Å². The van der Waals surface area contributed by atoms with Gasteiger partial charge in [-0.25, -0.2) is 13.8 Å². The van der Waals surface area contributed by atoms with Crippen LogP contribution in [0.3, 0.4) is 0 Å². The minimum Gasteiger partial charge on any atom is -0.493 e. The number of rotatable bonds is 2. The number of thiophene rings is 1. The molecule has 9 rings (SSSR count). The van der Waals surface area contributed by atoms with Gasteiger partial charge < -0.3 is 19.1 Å². The molecule has 2 bridgehead atoms. The van der Waals surface area contributed by atoms with Gasteiger partial charge in [0.2, 0.25) is 5.91 Å². The van der Waals surface area contributed by atoms with E-state index in [1.807, 2.05) is 60.5 Å². The number of benzene rings is 2. The molecular formula is C38H32F2N6O4S. The first-order chi connectivity index (χ1) is 24.8. The highest BCUT2D eigenvalue weighted by atomic mass is 32.1. The van der Waals surface area contributed by atoms with E-state index in [4.69, 9.17) is 24.3 Å². The first-order valence-electron chi connectivity index (χ1n) is 16.7. The van der Waals surface area contributed by atoms with Gasteiger partial charge in [0.1, 0.15) is 35.4 Å². The Bertz CT molecular complexity index is 2450. The van der Waals surface area contributed by atoms with Crippen LogP contribution in [0.15, 0.2) is 72.8 Å². The predicted molar refractivity (Wildman–Crippen MR) is 189 cm³/mol. The molecule has 1 unspecified atom stereocenters. The number of pyridine rings is 1. The summed E-state index contributed by atoms with van der Waals surface area (Å²) in [5.41, 5.74) is 3.23. The Morgan fingerprint density at radius 3 is 2.82 bits per heavy atom. The van der Waals surface area contributed by atoms with E-state index in [0.717, 1.165) is 38.3 Å². The molecule has 0 fully saturated rings. The molecule has 0 spiro atoms. The second-order valence-electron chi connectivity index (χ2n) is 13.0. The molecule has 2 aromatic carbocycles. The van der Waals surface area contributed by atoms with E-state index in [9.17, 15) is 9.18 Å². The van der Waals surface area contributed by atoms with Crippen LogP contribution in [0.2, 0.25) is 0 Å². The lowest BCUT2D eigenvalue weighted by molar-refractivity contribution is -0.127. The number of aromatic nitrogens is 5. The number of carbonyl (C=O) groups is 1. The fraction of sp³-hybridized carbons (Fsp3) is 0.263. The minimum absolute atomic E-state index is 0.0490. The molecule has 2 atom stereocenters. The van der Waals surface area contributed by atoms with Gasteiger partial charge in [0, 0.05) is 64.8 Å². The zero-order valence-corrected chi connectivity index (χ0v) is 28.7. The number of nitrogens with zero attached hydrogens (tertiary/aromatic N) is 6. The number of fused-ring (bicyclic) bond motifs is 10. The van der Waals surface area contributed by atoms with Gasteiger partial charge in [0.05, 0.1) is 60.2 Å². The maximum absolute atomic E-state index is 16.3. The molecule has 7 heterocycles. The number of hydrogen-bond acceptors (Lipinski definition) is 8. The largest absolute Gasteiger partial charge is 0.493 e. The highest BCUT2D eigenvalue weighted by molar-refractivity contribution is 7.17. The van der Waals surface area contributed by atoms with Gasteiger partial charge in [0.25, 0.3) is 0 Å². The Labute approximate surface area is 295 Å². The van der Waals surface area contributed by atoms with E-state index in [2.05, 4.69) is 11.7 Å². The summed E-state index contributed by atoms with van der Waals surface area (Å²) in [6.07, 6.45) is 7.11. The summed E-state index contributed by atoms with van der Waals surface area (Å²) < 4.78 is 55.0. The number of hydrogen-bond donors (Lipinski definition) is 0. The van der Waals surface area contributed by atoms with Crippen LogP contribution in [-0.2, 0) is 28.7 Å². The second kappa shape index (κ2) is 11.8. The monoisotopic (exact) mass is 706 g/mol. The normalized spacial score (nSPS) is 20.5. The molecule has 51 heavy (non-hydrogen) atoms. The molecule has 258 valence electrons. The van der Waals surface area contributed by atoms with Crippen LogP contribution >= 0.6 is 11.3 Å². The topological polar surface area (TPSA) is 96.5 Å². The van der Waals surface area contributed by atoms with Crippen LogP contribution in [0.1, 0.15) is 36.5 Å². The Hall–Kier alpha value is -5.40. The summed E-state index contributed by atoms with van der Waals surface area (Å²) in [5, 5.41) is 13.2. The lowest BCUT2D eigenvalue weighted by Crippen LogP contribution is -2.39. The summed E-state index contributed by atoms with van der Waals surface area (Å²) in [5.74, 6) is -0.977. The third-order valence-corrected chi connectivity index (χ3v) is 10.9. The van der Waals surface area contributed by atoms with Crippen molar-refractivity contribution in [3.63, 3.8) is 0 Å². The van der Waals surface area contributed by atoms with Crippen molar-refractivity contribution in [1.29, 1.82) is 0 Å². The summed E-state index contributed by atoms with van der Waals surface area (Å²) in [7, 11) is 1.88. The molecule has 4 aromatic heterocycles. The minimum atomic E-state index is -1.36. The lowest BCUT2D eigenvalue weighted by Gasteiger charge is -2.36.